The summed E-state index contributed by atoms with van der Waals surface area (Å²) in [5.74, 6) is 0. The lowest BCUT2D eigenvalue weighted by Gasteiger charge is -2.17. The highest BCUT2D eigenvalue weighted by Gasteiger charge is 2.09. The predicted molar refractivity (Wildman–Crippen MR) is 74.6 cm³/mol. The van der Waals surface area contributed by atoms with Crippen molar-refractivity contribution in [2.75, 3.05) is 12.3 Å². The van der Waals surface area contributed by atoms with Crippen LogP contribution in [0, 0.1) is 0 Å². The number of hydrogen-bond acceptors (Lipinski definition) is 6. The average molecular weight is 289 g/mol. The first-order valence-electron chi connectivity index (χ1n) is 5.45. The van der Waals surface area contributed by atoms with Gasteiger partial charge in [0.05, 0.1) is 5.69 Å². The van der Waals surface area contributed by atoms with Gasteiger partial charge in [-0.05, 0) is 6.54 Å². The van der Waals surface area contributed by atoms with E-state index in [1.54, 1.807) is 4.68 Å². The van der Waals surface area contributed by atoms with Crippen molar-refractivity contribution in [2.45, 2.75) is 20.0 Å². The van der Waals surface area contributed by atoms with Gasteiger partial charge in [-0.2, -0.15) is 0 Å². The molecule has 18 heavy (non-hydrogen) atoms. The van der Waals surface area contributed by atoms with Gasteiger partial charge in [0.2, 0.25) is 0 Å². The zero-order valence-electron chi connectivity index (χ0n) is 10.4. The van der Waals surface area contributed by atoms with Gasteiger partial charge in [0, 0.05) is 37.4 Å². The van der Waals surface area contributed by atoms with Crippen LogP contribution in [-0.2, 0) is 20.1 Å². The quantitative estimate of drug-likeness (QED) is 0.898. The molecule has 100 valence electrons. The number of rotatable bonds is 5. The van der Waals surface area contributed by atoms with E-state index in [0.717, 1.165) is 25.3 Å². The van der Waals surface area contributed by atoms with Crippen LogP contribution in [0.5, 0.6) is 0 Å². The Morgan fingerprint density at radius 3 is 2.72 bits per heavy atom. The molecule has 0 radical (unpaired) electrons. The molecule has 0 aliphatic carbocycles. The Balaban J connectivity index is 0.00000162. The summed E-state index contributed by atoms with van der Waals surface area (Å²) in [4.78, 5) is 7.50. The second-order valence-electron chi connectivity index (χ2n) is 3.85. The van der Waals surface area contributed by atoms with Gasteiger partial charge in [-0.25, -0.2) is 4.98 Å². The molecular weight excluding hydrogens is 272 g/mol. The van der Waals surface area contributed by atoms with Crippen LogP contribution in [0.2, 0.25) is 0 Å². The van der Waals surface area contributed by atoms with Crippen LogP contribution >= 0.6 is 23.7 Å². The van der Waals surface area contributed by atoms with Gasteiger partial charge in [0.25, 0.3) is 0 Å². The van der Waals surface area contributed by atoms with E-state index in [2.05, 4.69) is 27.1 Å². The third-order valence-electron chi connectivity index (χ3n) is 2.43. The maximum absolute atomic E-state index is 5.61. The minimum absolute atomic E-state index is 0. The van der Waals surface area contributed by atoms with Gasteiger partial charge >= 0.3 is 0 Å². The van der Waals surface area contributed by atoms with E-state index in [4.69, 9.17) is 5.73 Å². The fourth-order valence-corrected chi connectivity index (χ4v) is 2.32. The average Bonchev–Trinajstić information content (AvgIpc) is 2.87. The molecule has 8 heteroatoms. The molecule has 0 aliphatic heterocycles. The first-order valence-corrected chi connectivity index (χ1v) is 6.26. The van der Waals surface area contributed by atoms with Gasteiger partial charge in [-0.15, -0.1) is 28.8 Å². The van der Waals surface area contributed by atoms with Crippen LogP contribution in [0.1, 0.15) is 17.5 Å². The molecule has 0 amide bonds. The second-order valence-corrected chi connectivity index (χ2v) is 5.00. The molecule has 6 nitrogen and oxygen atoms in total. The van der Waals surface area contributed by atoms with E-state index in [0.29, 0.717) is 5.13 Å². The van der Waals surface area contributed by atoms with Crippen molar-refractivity contribution < 1.29 is 0 Å². The molecule has 0 saturated heterocycles. The Morgan fingerprint density at radius 2 is 2.22 bits per heavy atom. The van der Waals surface area contributed by atoms with Gasteiger partial charge in [-0.1, -0.05) is 12.1 Å². The number of thiazole rings is 1. The first kappa shape index (κ1) is 14.9. The minimum Gasteiger partial charge on any atom is -0.375 e. The van der Waals surface area contributed by atoms with E-state index >= 15 is 0 Å². The molecule has 0 spiro atoms. The molecular formula is C10H17ClN6S. The lowest BCUT2D eigenvalue weighted by atomic mass is 10.4. The molecule has 0 bridgehead atoms. The summed E-state index contributed by atoms with van der Waals surface area (Å²) in [5.41, 5.74) is 6.59. The Kier molecular flexibility index (Phi) is 5.52. The fraction of sp³-hybridized carbons (Fsp3) is 0.500. The molecule has 0 saturated carbocycles. The summed E-state index contributed by atoms with van der Waals surface area (Å²) in [6, 6.07) is 0. The number of anilines is 1. The predicted octanol–water partition coefficient (Wildman–Crippen LogP) is 1.30. The number of aromatic nitrogens is 4. The molecule has 0 fully saturated rings. The van der Waals surface area contributed by atoms with Gasteiger partial charge in [0.15, 0.2) is 5.13 Å². The Morgan fingerprint density at radius 1 is 1.44 bits per heavy atom. The fourth-order valence-electron chi connectivity index (χ4n) is 1.59. The molecule has 0 aromatic carbocycles. The van der Waals surface area contributed by atoms with Crippen molar-refractivity contribution >= 4 is 28.9 Å². The lowest BCUT2D eigenvalue weighted by molar-refractivity contribution is 0.270. The van der Waals surface area contributed by atoms with Gasteiger partial charge < -0.3 is 5.73 Å². The summed E-state index contributed by atoms with van der Waals surface area (Å²) in [5, 5.41) is 8.63. The number of hydrogen-bond donors (Lipinski definition) is 1. The third-order valence-corrected chi connectivity index (χ3v) is 3.25. The molecule has 0 unspecified atom stereocenters. The number of aryl methyl sites for hydroxylation is 1. The zero-order chi connectivity index (χ0) is 12.3. The summed E-state index contributed by atoms with van der Waals surface area (Å²) in [6.45, 7) is 4.72. The molecule has 2 aromatic heterocycles. The SMILES string of the molecule is CCN(Cc1cn(C)nn1)Cc1cnc(N)s1.Cl. The molecule has 2 rings (SSSR count). The van der Waals surface area contributed by atoms with E-state index in [-0.39, 0.29) is 12.4 Å². The smallest absolute Gasteiger partial charge is 0.180 e. The van der Waals surface area contributed by atoms with E-state index < -0.39 is 0 Å². The Hall–Kier alpha value is -1.18. The first-order chi connectivity index (χ1) is 8.17. The zero-order valence-corrected chi connectivity index (χ0v) is 12.0. The van der Waals surface area contributed by atoms with Crippen molar-refractivity contribution in [2.24, 2.45) is 7.05 Å². The normalized spacial score (nSPS) is 10.6. The van der Waals surface area contributed by atoms with Crippen molar-refractivity contribution in [1.82, 2.24) is 24.9 Å². The van der Waals surface area contributed by atoms with E-state index in [1.165, 1.54) is 16.2 Å². The van der Waals surface area contributed by atoms with Gasteiger partial charge in [0.1, 0.15) is 0 Å². The molecule has 0 aliphatic rings. The topological polar surface area (TPSA) is 72.9 Å². The Bertz CT molecular complexity index is 440. The highest BCUT2D eigenvalue weighted by molar-refractivity contribution is 7.15. The third kappa shape index (κ3) is 3.94. The van der Waals surface area contributed by atoms with Crippen LogP contribution in [0.15, 0.2) is 12.4 Å². The monoisotopic (exact) mass is 288 g/mol. The highest BCUT2D eigenvalue weighted by Crippen LogP contribution is 2.17. The largest absolute Gasteiger partial charge is 0.375 e. The standard InChI is InChI=1S/C10H16N6S.ClH/c1-3-16(6-8-5-15(2)14-13-8)7-9-4-12-10(11)17-9;/h4-5H,3,6-7H2,1-2H3,(H2,11,12);1H. The van der Waals surface area contributed by atoms with E-state index in [9.17, 15) is 0 Å². The highest BCUT2D eigenvalue weighted by atomic mass is 35.5. The number of nitrogens with two attached hydrogens (primary N) is 1. The van der Waals surface area contributed by atoms with Crippen LogP contribution in [0.4, 0.5) is 5.13 Å². The molecule has 2 heterocycles. The number of nitrogen functional groups attached to an aromatic ring is 1. The van der Waals surface area contributed by atoms with Gasteiger partial charge in [-0.3, -0.25) is 9.58 Å². The summed E-state index contributed by atoms with van der Waals surface area (Å²) >= 11 is 1.53. The maximum Gasteiger partial charge on any atom is 0.180 e. The van der Waals surface area contributed by atoms with Crippen molar-refractivity contribution in [3.05, 3.63) is 23.0 Å². The van der Waals surface area contributed by atoms with Crippen LogP contribution in [-0.4, -0.2) is 31.4 Å². The minimum atomic E-state index is 0. The number of nitrogens with zero attached hydrogens (tertiary/aromatic N) is 5. The summed E-state index contributed by atoms with van der Waals surface area (Å²) in [7, 11) is 1.87. The number of halogens is 1. The van der Waals surface area contributed by atoms with Crippen LogP contribution < -0.4 is 5.73 Å². The van der Waals surface area contributed by atoms with Crippen molar-refractivity contribution in [3.8, 4) is 0 Å². The van der Waals surface area contributed by atoms with Crippen LogP contribution in [0.3, 0.4) is 0 Å². The molecule has 0 atom stereocenters. The Labute approximate surface area is 116 Å². The molecule has 2 aromatic rings. The van der Waals surface area contributed by atoms with Crippen molar-refractivity contribution in [3.63, 3.8) is 0 Å². The van der Waals surface area contributed by atoms with Crippen molar-refractivity contribution in [1.29, 1.82) is 0 Å². The van der Waals surface area contributed by atoms with Crippen LogP contribution in [0.25, 0.3) is 0 Å². The lowest BCUT2D eigenvalue weighted by Crippen LogP contribution is -2.22. The van der Waals surface area contributed by atoms with E-state index in [1.807, 2.05) is 19.4 Å². The summed E-state index contributed by atoms with van der Waals surface area (Å²) in [6.07, 6.45) is 3.77. The summed E-state index contributed by atoms with van der Waals surface area (Å²) < 4.78 is 1.72. The second kappa shape index (κ2) is 6.67. The molecule has 2 N–H and O–H groups in total. The maximum atomic E-state index is 5.61.